The third-order valence-electron chi connectivity index (χ3n) is 3.87. The topological polar surface area (TPSA) is 54.2 Å². The zero-order chi connectivity index (χ0) is 14.8. The molecule has 0 bridgehead atoms. The molecular formula is C15H19ClN4O. The Kier molecular flexibility index (Phi) is 4.01. The van der Waals surface area contributed by atoms with E-state index >= 15 is 0 Å². The van der Waals surface area contributed by atoms with E-state index in [9.17, 15) is 0 Å². The number of aromatic nitrogens is 2. The van der Waals surface area contributed by atoms with Gasteiger partial charge in [-0.1, -0.05) is 22.8 Å². The summed E-state index contributed by atoms with van der Waals surface area (Å²) in [6.07, 6.45) is 1.14. The summed E-state index contributed by atoms with van der Waals surface area (Å²) in [5.74, 6) is 1.15. The van der Waals surface area contributed by atoms with Crippen LogP contribution in [0.4, 0.5) is 11.7 Å². The highest BCUT2D eigenvalue weighted by Crippen LogP contribution is 2.29. The maximum absolute atomic E-state index is 6.11. The van der Waals surface area contributed by atoms with E-state index in [1.54, 1.807) is 6.92 Å². The van der Waals surface area contributed by atoms with Gasteiger partial charge < -0.3 is 14.6 Å². The summed E-state index contributed by atoms with van der Waals surface area (Å²) < 4.78 is 5.33. The molecule has 1 fully saturated rings. The molecule has 5 nitrogen and oxygen atoms in total. The van der Waals surface area contributed by atoms with Crippen LogP contribution in [0.15, 0.2) is 22.6 Å². The minimum atomic E-state index is 0.505. The van der Waals surface area contributed by atoms with Crippen molar-refractivity contribution in [3.8, 4) is 0 Å². The van der Waals surface area contributed by atoms with Crippen LogP contribution in [0, 0.1) is 19.8 Å². The zero-order valence-corrected chi connectivity index (χ0v) is 13.0. The van der Waals surface area contributed by atoms with E-state index < -0.39 is 0 Å². The van der Waals surface area contributed by atoms with E-state index in [4.69, 9.17) is 16.0 Å². The summed E-state index contributed by atoms with van der Waals surface area (Å²) in [5.41, 5.74) is 2.50. The quantitative estimate of drug-likeness (QED) is 0.939. The first-order valence-electron chi connectivity index (χ1n) is 7.17. The molecule has 1 aromatic heterocycles. The van der Waals surface area contributed by atoms with Crippen LogP contribution in [0.3, 0.4) is 0 Å². The largest absolute Gasteiger partial charge is 0.408 e. The number of rotatable bonds is 4. The predicted molar refractivity (Wildman–Crippen MR) is 84.0 cm³/mol. The zero-order valence-electron chi connectivity index (χ0n) is 12.3. The fraction of sp³-hybridized carbons (Fsp3) is 0.467. The van der Waals surface area contributed by atoms with Gasteiger partial charge >= 0.3 is 6.01 Å². The van der Waals surface area contributed by atoms with Crippen molar-refractivity contribution < 1.29 is 4.42 Å². The molecule has 1 aromatic carbocycles. The first-order chi connectivity index (χ1) is 10.1. The molecule has 1 saturated heterocycles. The van der Waals surface area contributed by atoms with Crippen LogP contribution in [-0.4, -0.2) is 29.8 Å². The molecule has 3 rings (SSSR count). The maximum Gasteiger partial charge on any atom is 0.315 e. The summed E-state index contributed by atoms with van der Waals surface area (Å²) in [6, 6.07) is 6.57. The predicted octanol–water partition coefficient (Wildman–Crippen LogP) is 3.28. The van der Waals surface area contributed by atoms with Crippen LogP contribution in [0.5, 0.6) is 0 Å². The van der Waals surface area contributed by atoms with Crippen LogP contribution in [0.1, 0.15) is 17.9 Å². The molecule has 0 saturated carbocycles. The van der Waals surface area contributed by atoms with E-state index in [0.717, 1.165) is 31.1 Å². The highest BCUT2D eigenvalue weighted by atomic mass is 35.5. The van der Waals surface area contributed by atoms with Crippen molar-refractivity contribution in [1.29, 1.82) is 0 Å². The molecule has 1 atom stereocenters. The second kappa shape index (κ2) is 5.93. The number of hydrogen-bond acceptors (Lipinski definition) is 5. The summed E-state index contributed by atoms with van der Waals surface area (Å²) >= 11 is 6.11. The monoisotopic (exact) mass is 306 g/mol. The Morgan fingerprint density at radius 3 is 3.00 bits per heavy atom. The van der Waals surface area contributed by atoms with Gasteiger partial charge in [0.15, 0.2) is 0 Å². The van der Waals surface area contributed by atoms with E-state index in [2.05, 4.69) is 33.4 Å². The number of aryl methyl sites for hydroxylation is 2. The number of hydrogen-bond donors (Lipinski definition) is 1. The minimum Gasteiger partial charge on any atom is -0.408 e. The smallest absolute Gasteiger partial charge is 0.315 e. The number of anilines is 2. The van der Waals surface area contributed by atoms with E-state index in [1.807, 2.05) is 12.1 Å². The van der Waals surface area contributed by atoms with Gasteiger partial charge in [0, 0.05) is 37.3 Å². The van der Waals surface area contributed by atoms with Gasteiger partial charge in [-0.15, -0.1) is 5.10 Å². The lowest BCUT2D eigenvalue weighted by molar-refractivity contribution is 0.520. The van der Waals surface area contributed by atoms with Gasteiger partial charge in [-0.05, 0) is 37.0 Å². The Morgan fingerprint density at radius 1 is 1.38 bits per heavy atom. The maximum atomic E-state index is 6.11. The van der Waals surface area contributed by atoms with Crippen molar-refractivity contribution in [2.24, 2.45) is 5.92 Å². The van der Waals surface area contributed by atoms with Crippen LogP contribution in [0.2, 0.25) is 5.02 Å². The Morgan fingerprint density at radius 2 is 2.24 bits per heavy atom. The number of nitrogens with zero attached hydrogens (tertiary/aromatic N) is 3. The van der Waals surface area contributed by atoms with Crippen molar-refractivity contribution in [1.82, 2.24) is 10.2 Å². The lowest BCUT2D eigenvalue weighted by Crippen LogP contribution is -2.23. The average molecular weight is 307 g/mol. The average Bonchev–Trinajstić information content (AvgIpc) is 3.08. The molecule has 0 aliphatic carbocycles. The first kappa shape index (κ1) is 14.2. The highest BCUT2D eigenvalue weighted by Gasteiger charge is 2.24. The molecule has 0 spiro atoms. The number of nitrogens with one attached hydrogen (secondary N) is 1. The van der Waals surface area contributed by atoms with Gasteiger partial charge in [0.05, 0.1) is 0 Å². The minimum absolute atomic E-state index is 0.505. The molecule has 1 unspecified atom stereocenters. The van der Waals surface area contributed by atoms with Crippen molar-refractivity contribution in [3.63, 3.8) is 0 Å². The third-order valence-corrected chi connectivity index (χ3v) is 4.10. The van der Waals surface area contributed by atoms with Gasteiger partial charge in [0.25, 0.3) is 0 Å². The molecule has 21 heavy (non-hydrogen) atoms. The summed E-state index contributed by atoms with van der Waals surface area (Å²) in [7, 11) is 0. The van der Waals surface area contributed by atoms with Crippen molar-refractivity contribution in [3.05, 3.63) is 34.7 Å². The SMILES string of the molecule is Cc1nnc(NCC2CCN(c3cc(Cl)ccc3C)C2)o1. The van der Waals surface area contributed by atoms with Gasteiger partial charge in [0.2, 0.25) is 5.89 Å². The Hall–Kier alpha value is -1.75. The van der Waals surface area contributed by atoms with Crippen LogP contribution >= 0.6 is 11.6 Å². The number of halogens is 1. The van der Waals surface area contributed by atoms with Gasteiger partial charge in [-0.25, -0.2) is 0 Å². The summed E-state index contributed by atoms with van der Waals surface area (Å²) in [6.45, 7) is 6.82. The molecule has 1 aliphatic rings. The first-order valence-corrected chi connectivity index (χ1v) is 7.54. The Labute approximate surface area is 129 Å². The lowest BCUT2D eigenvalue weighted by Gasteiger charge is -2.21. The fourth-order valence-corrected chi connectivity index (χ4v) is 2.91. The molecule has 112 valence electrons. The normalized spacial score (nSPS) is 18.2. The molecule has 1 N–H and O–H groups in total. The molecule has 2 heterocycles. The lowest BCUT2D eigenvalue weighted by atomic mass is 10.1. The molecular weight excluding hydrogens is 288 g/mol. The van der Waals surface area contributed by atoms with Gasteiger partial charge in [0.1, 0.15) is 0 Å². The fourth-order valence-electron chi connectivity index (χ4n) is 2.74. The van der Waals surface area contributed by atoms with E-state index in [1.165, 1.54) is 11.3 Å². The van der Waals surface area contributed by atoms with Crippen LogP contribution < -0.4 is 10.2 Å². The van der Waals surface area contributed by atoms with Crippen LogP contribution in [-0.2, 0) is 0 Å². The van der Waals surface area contributed by atoms with Crippen molar-refractivity contribution in [2.45, 2.75) is 20.3 Å². The highest BCUT2D eigenvalue weighted by molar-refractivity contribution is 6.30. The van der Waals surface area contributed by atoms with Crippen molar-refractivity contribution in [2.75, 3.05) is 29.9 Å². The molecule has 6 heteroatoms. The second-order valence-corrected chi connectivity index (χ2v) is 5.98. The summed E-state index contributed by atoms with van der Waals surface area (Å²) in [5, 5.41) is 11.8. The van der Waals surface area contributed by atoms with E-state index in [0.29, 0.717) is 17.8 Å². The number of benzene rings is 1. The van der Waals surface area contributed by atoms with Gasteiger partial charge in [-0.3, -0.25) is 0 Å². The Balaban J connectivity index is 1.59. The summed E-state index contributed by atoms with van der Waals surface area (Å²) in [4.78, 5) is 2.40. The van der Waals surface area contributed by atoms with Crippen LogP contribution in [0.25, 0.3) is 0 Å². The van der Waals surface area contributed by atoms with E-state index in [-0.39, 0.29) is 0 Å². The Bertz CT molecular complexity index is 628. The van der Waals surface area contributed by atoms with Gasteiger partial charge in [-0.2, -0.15) is 0 Å². The molecule has 2 aromatic rings. The standard InChI is InChI=1S/C15H19ClN4O/c1-10-3-4-13(16)7-14(10)20-6-5-12(9-20)8-17-15-19-18-11(2)21-15/h3-4,7,12H,5-6,8-9H2,1-2H3,(H,17,19). The third kappa shape index (κ3) is 3.29. The second-order valence-electron chi connectivity index (χ2n) is 5.54. The molecule has 0 radical (unpaired) electrons. The molecule has 0 amide bonds. The van der Waals surface area contributed by atoms with Crippen molar-refractivity contribution >= 4 is 23.3 Å². The molecule has 1 aliphatic heterocycles.